The lowest BCUT2D eigenvalue weighted by atomic mass is 10.2. The molecule has 0 bridgehead atoms. The van der Waals surface area contributed by atoms with Crippen molar-refractivity contribution in [2.24, 2.45) is 5.73 Å². The second-order valence-electron chi connectivity index (χ2n) is 6.27. The zero-order valence-electron chi connectivity index (χ0n) is 14.4. The maximum absolute atomic E-state index is 6.09. The van der Waals surface area contributed by atoms with Crippen molar-refractivity contribution in [3.8, 4) is 5.75 Å². The second-order valence-corrected chi connectivity index (χ2v) is 6.27. The summed E-state index contributed by atoms with van der Waals surface area (Å²) in [5.41, 5.74) is 9.48. The number of nitrogens with two attached hydrogens (primary N) is 1. The minimum Gasteiger partial charge on any atom is -0.494 e. The molecule has 0 saturated carbocycles. The highest BCUT2D eigenvalue weighted by molar-refractivity contribution is 5.76. The van der Waals surface area contributed by atoms with Crippen LogP contribution in [0.5, 0.6) is 5.75 Å². The number of rotatable bonds is 7. The molecule has 0 aliphatic carbocycles. The van der Waals surface area contributed by atoms with Crippen LogP contribution in [0, 0.1) is 6.92 Å². The van der Waals surface area contributed by atoms with Gasteiger partial charge in [0.15, 0.2) is 0 Å². The fourth-order valence-electron chi connectivity index (χ4n) is 2.94. The van der Waals surface area contributed by atoms with E-state index in [9.17, 15) is 0 Å². The molecule has 0 aliphatic heterocycles. The van der Waals surface area contributed by atoms with Crippen LogP contribution in [0.1, 0.15) is 37.2 Å². The Hall–Kier alpha value is -2.33. The first kappa shape index (κ1) is 16.5. The van der Waals surface area contributed by atoms with Gasteiger partial charge in [0.2, 0.25) is 0 Å². The SMILES string of the molecule is Cc1cccc(OCCCCn2c(C(C)N)nc3ccccc32)c1. The van der Waals surface area contributed by atoms with Crippen molar-refractivity contribution in [3.05, 3.63) is 59.9 Å². The third-order valence-corrected chi connectivity index (χ3v) is 4.13. The Balaban J connectivity index is 1.58. The van der Waals surface area contributed by atoms with Crippen LogP contribution < -0.4 is 10.5 Å². The molecule has 4 heteroatoms. The number of benzene rings is 2. The number of nitrogens with zero attached hydrogens (tertiary/aromatic N) is 2. The monoisotopic (exact) mass is 323 g/mol. The van der Waals surface area contributed by atoms with Crippen LogP contribution in [0.25, 0.3) is 11.0 Å². The van der Waals surface area contributed by atoms with Crippen molar-refractivity contribution >= 4 is 11.0 Å². The summed E-state index contributed by atoms with van der Waals surface area (Å²) in [4.78, 5) is 4.68. The summed E-state index contributed by atoms with van der Waals surface area (Å²) in [6.45, 7) is 5.70. The van der Waals surface area contributed by atoms with E-state index in [-0.39, 0.29) is 6.04 Å². The summed E-state index contributed by atoms with van der Waals surface area (Å²) < 4.78 is 8.06. The Morgan fingerprint density at radius 3 is 2.75 bits per heavy atom. The maximum atomic E-state index is 6.09. The summed E-state index contributed by atoms with van der Waals surface area (Å²) in [7, 11) is 0. The molecule has 126 valence electrons. The Morgan fingerprint density at radius 2 is 1.96 bits per heavy atom. The normalized spacial score (nSPS) is 12.5. The molecule has 1 heterocycles. The number of para-hydroxylation sites is 2. The molecule has 2 N–H and O–H groups in total. The number of fused-ring (bicyclic) bond motifs is 1. The van der Waals surface area contributed by atoms with Crippen molar-refractivity contribution in [2.75, 3.05) is 6.61 Å². The molecule has 2 aromatic carbocycles. The van der Waals surface area contributed by atoms with Gasteiger partial charge in [0.1, 0.15) is 11.6 Å². The number of imidazole rings is 1. The van der Waals surface area contributed by atoms with E-state index in [1.807, 2.05) is 37.3 Å². The first-order chi connectivity index (χ1) is 11.6. The fraction of sp³-hybridized carbons (Fsp3) is 0.350. The van der Waals surface area contributed by atoms with Crippen LogP contribution in [0.2, 0.25) is 0 Å². The Labute approximate surface area is 143 Å². The predicted octanol–water partition coefficient (Wildman–Crippen LogP) is 4.22. The van der Waals surface area contributed by atoms with E-state index in [0.717, 1.165) is 48.6 Å². The van der Waals surface area contributed by atoms with Gasteiger partial charge in [-0.2, -0.15) is 0 Å². The molecule has 0 amide bonds. The van der Waals surface area contributed by atoms with Gasteiger partial charge in [-0.3, -0.25) is 0 Å². The molecule has 24 heavy (non-hydrogen) atoms. The number of aryl methyl sites for hydroxylation is 2. The summed E-state index contributed by atoms with van der Waals surface area (Å²) in [5.74, 6) is 1.90. The highest BCUT2D eigenvalue weighted by Gasteiger charge is 2.13. The van der Waals surface area contributed by atoms with Gasteiger partial charge >= 0.3 is 0 Å². The largest absolute Gasteiger partial charge is 0.494 e. The van der Waals surface area contributed by atoms with E-state index in [2.05, 4.69) is 34.7 Å². The van der Waals surface area contributed by atoms with Gasteiger partial charge in [0.05, 0.1) is 23.7 Å². The zero-order valence-corrected chi connectivity index (χ0v) is 14.4. The Kier molecular flexibility index (Phi) is 5.16. The highest BCUT2D eigenvalue weighted by atomic mass is 16.5. The first-order valence-corrected chi connectivity index (χ1v) is 8.55. The minimum absolute atomic E-state index is 0.0686. The molecular weight excluding hydrogens is 298 g/mol. The fourth-order valence-corrected chi connectivity index (χ4v) is 2.94. The number of ether oxygens (including phenoxy) is 1. The van der Waals surface area contributed by atoms with E-state index < -0.39 is 0 Å². The lowest BCUT2D eigenvalue weighted by molar-refractivity contribution is 0.303. The molecule has 0 aliphatic rings. The van der Waals surface area contributed by atoms with Gasteiger partial charge in [-0.05, 0) is 56.5 Å². The smallest absolute Gasteiger partial charge is 0.126 e. The van der Waals surface area contributed by atoms with Crippen molar-refractivity contribution in [2.45, 2.75) is 39.3 Å². The molecule has 0 saturated heterocycles. The molecule has 4 nitrogen and oxygen atoms in total. The second kappa shape index (κ2) is 7.49. The van der Waals surface area contributed by atoms with E-state index in [1.54, 1.807) is 0 Å². The van der Waals surface area contributed by atoms with E-state index in [4.69, 9.17) is 10.5 Å². The number of unbranched alkanes of at least 4 members (excludes halogenated alkanes) is 1. The third-order valence-electron chi connectivity index (χ3n) is 4.13. The van der Waals surface area contributed by atoms with Crippen LogP contribution in [0.3, 0.4) is 0 Å². The van der Waals surface area contributed by atoms with Gasteiger partial charge in [-0.25, -0.2) is 4.98 Å². The van der Waals surface area contributed by atoms with Crippen molar-refractivity contribution in [3.63, 3.8) is 0 Å². The molecule has 3 rings (SSSR count). The van der Waals surface area contributed by atoms with Gasteiger partial charge in [0.25, 0.3) is 0 Å². The Morgan fingerprint density at radius 1 is 1.12 bits per heavy atom. The van der Waals surface area contributed by atoms with Crippen LogP contribution in [-0.4, -0.2) is 16.2 Å². The van der Waals surface area contributed by atoms with E-state index in [1.165, 1.54) is 5.56 Å². The maximum Gasteiger partial charge on any atom is 0.126 e. The van der Waals surface area contributed by atoms with Crippen LogP contribution in [0.15, 0.2) is 48.5 Å². The number of hydrogen-bond acceptors (Lipinski definition) is 3. The average molecular weight is 323 g/mol. The summed E-state index contributed by atoms with van der Waals surface area (Å²) in [6, 6.07) is 16.3. The summed E-state index contributed by atoms with van der Waals surface area (Å²) >= 11 is 0. The van der Waals surface area contributed by atoms with Crippen LogP contribution in [-0.2, 0) is 6.54 Å². The van der Waals surface area contributed by atoms with Crippen LogP contribution in [0.4, 0.5) is 0 Å². The average Bonchev–Trinajstić information content (AvgIpc) is 2.94. The summed E-state index contributed by atoms with van der Waals surface area (Å²) in [6.07, 6.45) is 2.03. The number of aromatic nitrogens is 2. The Bertz CT molecular complexity index is 808. The molecule has 1 unspecified atom stereocenters. The van der Waals surface area contributed by atoms with Crippen molar-refractivity contribution < 1.29 is 4.74 Å². The zero-order chi connectivity index (χ0) is 16.9. The number of hydrogen-bond donors (Lipinski definition) is 1. The predicted molar refractivity (Wildman–Crippen MR) is 98.2 cm³/mol. The standard InChI is InChI=1S/C20H25N3O/c1-15-8-7-9-17(14-15)24-13-6-5-12-23-19-11-4-3-10-18(19)22-20(23)16(2)21/h3-4,7-11,14,16H,5-6,12-13,21H2,1-2H3. The first-order valence-electron chi connectivity index (χ1n) is 8.55. The third kappa shape index (κ3) is 3.77. The van der Waals surface area contributed by atoms with Gasteiger partial charge in [-0.15, -0.1) is 0 Å². The minimum atomic E-state index is -0.0686. The van der Waals surface area contributed by atoms with Crippen molar-refractivity contribution in [1.82, 2.24) is 9.55 Å². The molecule has 0 radical (unpaired) electrons. The van der Waals surface area contributed by atoms with Gasteiger partial charge in [-0.1, -0.05) is 24.3 Å². The molecule has 0 spiro atoms. The lowest BCUT2D eigenvalue weighted by Gasteiger charge is -2.12. The topological polar surface area (TPSA) is 53.1 Å². The molecule has 3 aromatic rings. The van der Waals surface area contributed by atoms with E-state index in [0.29, 0.717) is 0 Å². The molecule has 1 aromatic heterocycles. The van der Waals surface area contributed by atoms with Crippen molar-refractivity contribution in [1.29, 1.82) is 0 Å². The van der Waals surface area contributed by atoms with Gasteiger partial charge < -0.3 is 15.0 Å². The molecular formula is C20H25N3O. The molecule has 1 atom stereocenters. The van der Waals surface area contributed by atoms with Gasteiger partial charge in [0, 0.05) is 6.54 Å². The lowest BCUT2D eigenvalue weighted by Crippen LogP contribution is -2.14. The highest BCUT2D eigenvalue weighted by Crippen LogP contribution is 2.20. The van der Waals surface area contributed by atoms with E-state index >= 15 is 0 Å². The quantitative estimate of drug-likeness (QED) is 0.662. The molecule has 0 fully saturated rings. The summed E-state index contributed by atoms with van der Waals surface area (Å²) in [5, 5.41) is 0. The van der Waals surface area contributed by atoms with Crippen LogP contribution >= 0.6 is 0 Å².